The van der Waals surface area contributed by atoms with Crippen LogP contribution in [0.25, 0.3) is 10.9 Å². The Morgan fingerprint density at radius 3 is 2.78 bits per heavy atom. The molecule has 0 spiro atoms. The second kappa shape index (κ2) is 7.02. The topological polar surface area (TPSA) is 68.9 Å². The number of fused-ring (bicyclic) bond motifs is 1. The quantitative estimate of drug-likeness (QED) is 0.643. The lowest BCUT2D eigenvalue weighted by molar-refractivity contribution is -0.116. The lowest BCUT2D eigenvalue weighted by Gasteiger charge is -2.14. The van der Waals surface area contributed by atoms with Gasteiger partial charge in [0.05, 0.1) is 12.2 Å². The third kappa shape index (κ3) is 3.39. The first-order chi connectivity index (χ1) is 13.1. The fraction of sp³-hybridized carbons (Fsp3) is 0.381. The second-order valence-corrected chi connectivity index (χ2v) is 7.29. The molecule has 0 unspecified atom stereocenters. The minimum atomic E-state index is -0.133. The number of aromatic nitrogens is 3. The van der Waals surface area contributed by atoms with Crippen LogP contribution in [0.3, 0.4) is 0 Å². The van der Waals surface area contributed by atoms with Gasteiger partial charge in [0.2, 0.25) is 5.91 Å². The maximum atomic E-state index is 12.7. The molecule has 1 saturated carbocycles. The van der Waals surface area contributed by atoms with Gasteiger partial charge in [-0.05, 0) is 32.3 Å². The average Bonchev–Trinajstić information content (AvgIpc) is 3.33. The fourth-order valence-corrected chi connectivity index (χ4v) is 3.41. The summed E-state index contributed by atoms with van der Waals surface area (Å²) in [6, 6.07) is 9.79. The van der Waals surface area contributed by atoms with Crippen LogP contribution >= 0.6 is 0 Å². The molecule has 3 aromatic rings. The van der Waals surface area contributed by atoms with Crippen LogP contribution in [0.2, 0.25) is 0 Å². The number of ketones is 1. The van der Waals surface area contributed by atoms with Gasteiger partial charge in [-0.25, -0.2) is 4.68 Å². The van der Waals surface area contributed by atoms with E-state index in [0.717, 1.165) is 35.7 Å². The van der Waals surface area contributed by atoms with E-state index in [1.165, 1.54) is 0 Å². The average molecular weight is 364 g/mol. The van der Waals surface area contributed by atoms with E-state index in [1.807, 2.05) is 39.7 Å². The Hall–Kier alpha value is -2.89. The number of nitrogens with one attached hydrogen (secondary N) is 1. The van der Waals surface area contributed by atoms with Crippen LogP contribution in [0.1, 0.15) is 49.5 Å². The van der Waals surface area contributed by atoms with Crippen molar-refractivity contribution in [3.8, 4) is 0 Å². The maximum absolute atomic E-state index is 12.7. The van der Waals surface area contributed by atoms with Gasteiger partial charge >= 0.3 is 0 Å². The van der Waals surface area contributed by atoms with Gasteiger partial charge < -0.3 is 9.88 Å². The predicted molar refractivity (Wildman–Crippen MR) is 105 cm³/mol. The van der Waals surface area contributed by atoms with Crippen molar-refractivity contribution in [2.24, 2.45) is 5.92 Å². The number of carbonyl (C=O) groups is 2. The van der Waals surface area contributed by atoms with E-state index in [9.17, 15) is 9.59 Å². The molecule has 2 heterocycles. The van der Waals surface area contributed by atoms with Gasteiger partial charge in [0, 0.05) is 34.6 Å². The Labute approximate surface area is 158 Å². The lowest BCUT2D eigenvalue weighted by atomic mass is 10.1. The molecule has 1 atom stereocenters. The van der Waals surface area contributed by atoms with Crippen LogP contribution in [0.15, 0.2) is 42.7 Å². The van der Waals surface area contributed by atoms with Crippen molar-refractivity contribution in [2.75, 3.05) is 5.32 Å². The van der Waals surface area contributed by atoms with Gasteiger partial charge in [0.15, 0.2) is 5.78 Å². The highest BCUT2D eigenvalue weighted by atomic mass is 16.2. The number of hydrogen-bond donors (Lipinski definition) is 1. The Bertz CT molecular complexity index is 997. The maximum Gasteiger partial charge on any atom is 0.245 e. The first kappa shape index (κ1) is 17.5. The molecule has 1 fully saturated rings. The highest BCUT2D eigenvalue weighted by molar-refractivity contribution is 6.10. The van der Waals surface area contributed by atoms with Crippen LogP contribution in [0.4, 0.5) is 5.82 Å². The van der Waals surface area contributed by atoms with Crippen molar-refractivity contribution < 1.29 is 9.59 Å². The van der Waals surface area contributed by atoms with E-state index >= 15 is 0 Å². The molecule has 0 saturated heterocycles. The molecule has 2 aromatic heterocycles. The third-order valence-corrected chi connectivity index (χ3v) is 5.26. The van der Waals surface area contributed by atoms with Crippen molar-refractivity contribution in [3.05, 3.63) is 48.3 Å². The third-order valence-electron chi connectivity index (χ3n) is 5.26. The highest BCUT2D eigenvalue weighted by Crippen LogP contribution is 2.35. The van der Waals surface area contributed by atoms with Crippen molar-refractivity contribution in [2.45, 2.75) is 45.7 Å². The molecule has 1 aromatic carbocycles. The van der Waals surface area contributed by atoms with E-state index in [2.05, 4.69) is 24.3 Å². The molecular weight excluding hydrogens is 340 g/mol. The summed E-state index contributed by atoms with van der Waals surface area (Å²) in [5.74, 6) is 0.912. The summed E-state index contributed by atoms with van der Waals surface area (Å²) >= 11 is 0. The summed E-state index contributed by atoms with van der Waals surface area (Å²) in [5, 5.41) is 8.17. The molecule has 6 heteroatoms. The standard InChI is InChI=1S/C21H24N4O2/c1-3-14(2)25-19(10-11-22-25)23-20(26)13-24-12-17(21(27)15-8-9-15)16-6-4-5-7-18(16)24/h4-7,10-12,14-15H,3,8-9,13H2,1-2H3,(H,23,26)/t14-/m0/s1. The zero-order valence-electron chi connectivity index (χ0n) is 15.7. The number of benzene rings is 1. The van der Waals surface area contributed by atoms with Crippen molar-refractivity contribution in [1.82, 2.24) is 14.3 Å². The Balaban J connectivity index is 1.57. The fourth-order valence-electron chi connectivity index (χ4n) is 3.41. The molecule has 4 rings (SSSR count). The van der Waals surface area contributed by atoms with Crippen molar-refractivity contribution in [1.29, 1.82) is 0 Å². The zero-order chi connectivity index (χ0) is 19.0. The molecule has 0 bridgehead atoms. The van der Waals surface area contributed by atoms with Gasteiger partial charge in [-0.1, -0.05) is 25.1 Å². The molecule has 140 valence electrons. The van der Waals surface area contributed by atoms with E-state index in [0.29, 0.717) is 5.82 Å². The summed E-state index contributed by atoms with van der Waals surface area (Å²) in [7, 11) is 0. The second-order valence-electron chi connectivity index (χ2n) is 7.29. The van der Waals surface area contributed by atoms with Crippen LogP contribution in [-0.4, -0.2) is 26.0 Å². The molecule has 0 radical (unpaired) electrons. The Morgan fingerprint density at radius 1 is 1.26 bits per heavy atom. The Morgan fingerprint density at radius 2 is 2.04 bits per heavy atom. The smallest absolute Gasteiger partial charge is 0.245 e. The molecular formula is C21H24N4O2. The first-order valence-corrected chi connectivity index (χ1v) is 9.54. The van der Waals surface area contributed by atoms with E-state index in [4.69, 9.17) is 0 Å². The summed E-state index contributed by atoms with van der Waals surface area (Å²) in [4.78, 5) is 25.3. The highest BCUT2D eigenvalue weighted by Gasteiger charge is 2.32. The monoisotopic (exact) mass is 364 g/mol. The number of amides is 1. The summed E-state index contributed by atoms with van der Waals surface area (Å²) in [6.45, 7) is 4.31. The van der Waals surface area contributed by atoms with Gasteiger partial charge in [0.25, 0.3) is 0 Å². The largest absolute Gasteiger partial charge is 0.337 e. The molecule has 0 aliphatic heterocycles. The van der Waals surface area contributed by atoms with Crippen molar-refractivity contribution >= 4 is 28.4 Å². The summed E-state index contributed by atoms with van der Waals surface area (Å²) < 4.78 is 3.69. The SMILES string of the molecule is CC[C@H](C)n1nccc1NC(=O)Cn1cc(C(=O)C2CC2)c2ccccc21. The molecule has 6 nitrogen and oxygen atoms in total. The predicted octanol–water partition coefficient (Wildman–Crippen LogP) is 4.04. The van der Waals surface area contributed by atoms with Crippen LogP contribution in [-0.2, 0) is 11.3 Å². The summed E-state index contributed by atoms with van der Waals surface area (Å²) in [6.07, 6.45) is 6.40. The van der Waals surface area contributed by atoms with Crippen LogP contribution < -0.4 is 5.32 Å². The normalized spacial score (nSPS) is 15.0. The number of rotatable bonds is 7. The molecule has 27 heavy (non-hydrogen) atoms. The number of Topliss-reactive ketones (excluding diaryl/α,β-unsaturated/α-hetero) is 1. The first-order valence-electron chi connectivity index (χ1n) is 9.54. The minimum absolute atomic E-state index is 0.133. The van der Waals surface area contributed by atoms with E-state index in [1.54, 1.807) is 12.3 Å². The molecule has 1 aliphatic carbocycles. The molecule has 1 aliphatic rings. The van der Waals surface area contributed by atoms with Gasteiger partial charge in [-0.15, -0.1) is 0 Å². The number of nitrogens with zero attached hydrogens (tertiary/aromatic N) is 3. The lowest BCUT2D eigenvalue weighted by Crippen LogP contribution is -2.21. The van der Waals surface area contributed by atoms with Gasteiger partial charge in [0.1, 0.15) is 12.4 Å². The molecule has 1 amide bonds. The van der Waals surface area contributed by atoms with E-state index in [-0.39, 0.29) is 30.2 Å². The number of carbonyl (C=O) groups excluding carboxylic acids is 2. The van der Waals surface area contributed by atoms with Gasteiger partial charge in [-0.3, -0.25) is 9.59 Å². The minimum Gasteiger partial charge on any atom is -0.337 e. The molecule has 1 N–H and O–H groups in total. The van der Waals surface area contributed by atoms with E-state index < -0.39 is 0 Å². The Kier molecular flexibility index (Phi) is 4.56. The number of anilines is 1. The van der Waals surface area contributed by atoms with Gasteiger partial charge in [-0.2, -0.15) is 5.10 Å². The van der Waals surface area contributed by atoms with Crippen LogP contribution in [0.5, 0.6) is 0 Å². The van der Waals surface area contributed by atoms with Crippen LogP contribution in [0, 0.1) is 5.92 Å². The summed E-state index contributed by atoms with van der Waals surface area (Å²) in [5.41, 5.74) is 1.64. The number of para-hydroxylation sites is 1. The number of hydrogen-bond acceptors (Lipinski definition) is 3. The zero-order valence-corrected chi connectivity index (χ0v) is 15.7. The van der Waals surface area contributed by atoms with Crippen molar-refractivity contribution in [3.63, 3.8) is 0 Å².